The lowest BCUT2D eigenvalue weighted by Crippen LogP contribution is -2.39. The van der Waals surface area contributed by atoms with Crippen molar-refractivity contribution in [3.8, 4) is 0 Å². The Morgan fingerprint density at radius 3 is 2.89 bits per heavy atom. The Kier molecular flexibility index (Phi) is 6.75. The highest BCUT2D eigenvalue weighted by molar-refractivity contribution is 9.10. The first-order chi connectivity index (χ1) is 9.08. The van der Waals surface area contributed by atoms with Gasteiger partial charge < -0.3 is 20.1 Å². The average Bonchev–Trinajstić information content (AvgIpc) is 2.38. The van der Waals surface area contributed by atoms with Crippen molar-refractivity contribution in [1.29, 1.82) is 0 Å². The molecule has 0 aliphatic heterocycles. The van der Waals surface area contributed by atoms with Crippen LogP contribution in [0, 0.1) is 5.82 Å². The molecule has 1 rings (SSSR count). The quantitative estimate of drug-likeness (QED) is 0.837. The number of benzene rings is 1. The van der Waals surface area contributed by atoms with Gasteiger partial charge in [0.2, 0.25) is 0 Å². The minimum absolute atomic E-state index is 0.151. The predicted octanol–water partition coefficient (Wildman–Crippen LogP) is 2.06. The van der Waals surface area contributed by atoms with E-state index in [1.54, 1.807) is 0 Å². The fourth-order valence-corrected chi connectivity index (χ4v) is 1.77. The third kappa shape index (κ3) is 5.14. The fourth-order valence-electron chi connectivity index (χ4n) is 1.42. The summed E-state index contributed by atoms with van der Waals surface area (Å²) in [7, 11) is 1.53. The lowest BCUT2D eigenvalue weighted by atomic mass is 10.3. The number of carbonyl (C=O) groups is 1. The van der Waals surface area contributed by atoms with Crippen LogP contribution in [-0.2, 0) is 4.74 Å². The highest BCUT2D eigenvalue weighted by Gasteiger charge is 2.14. The summed E-state index contributed by atoms with van der Waals surface area (Å²) in [5, 5.41) is 11.5. The zero-order valence-electron chi connectivity index (χ0n) is 10.5. The molecule has 0 atom stereocenters. The third-order valence-electron chi connectivity index (χ3n) is 2.39. The molecule has 0 aliphatic carbocycles. The van der Waals surface area contributed by atoms with E-state index in [1.807, 2.05) is 0 Å². The first kappa shape index (κ1) is 15.9. The van der Waals surface area contributed by atoms with Crippen molar-refractivity contribution in [2.45, 2.75) is 0 Å². The highest BCUT2D eigenvalue weighted by atomic mass is 79.9. The van der Waals surface area contributed by atoms with Crippen molar-refractivity contribution in [2.75, 3.05) is 38.7 Å². The molecule has 0 aliphatic rings. The third-order valence-corrected chi connectivity index (χ3v) is 3.08. The molecule has 7 heteroatoms. The number of nitrogens with one attached hydrogen (secondary N) is 1. The molecule has 5 nitrogen and oxygen atoms in total. The van der Waals surface area contributed by atoms with Crippen LogP contribution < -0.4 is 5.32 Å². The molecule has 0 saturated heterocycles. The SMILES string of the molecule is COCCN(CCO)C(=O)Nc1cc(F)ccc1Br. The summed E-state index contributed by atoms with van der Waals surface area (Å²) in [5.74, 6) is -0.441. The van der Waals surface area contributed by atoms with Crippen LogP contribution in [0.25, 0.3) is 0 Å². The summed E-state index contributed by atoms with van der Waals surface area (Å²) in [6, 6.07) is 3.60. The number of hydrogen-bond donors (Lipinski definition) is 2. The number of aliphatic hydroxyl groups excluding tert-OH is 1. The van der Waals surface area contributed by atoms with Gasteiger partial charge in [-0.25, -0.2) is 9.18 Å². The van der Waals surface area contributed by atoms with Crippen molar-refractivity contribution in [3.63, 3.8) is 0 Å². The van der Waals surface area contributed by atoms with Crippen LogP contribution in [0.4, 0.5) is 14.9 Å². The van der Waals surface area contributed by atoms with E-state index in [0.717, 1.165) is 0 Å². The van der Waals surface area contributed by atoms with Gasteiger partial charge in [0.25, 0.3) is 0 Å². The maximum atomic E-state index is 13.1. The first-order valence-electron chi connectivity index (χ1n) is 5.69. The largest absolute Gasteiger partial charge is 0.395 e. The minimum atomic E-state index is -0.441. The van der Waals surface area contributed by atoms with Crippen molar-refractivity contribution < 1.29 is 19.0 Å². The van der Waals surface area contributed by atoms with E-state index in [4.69, 9.17) is 9.84 Å². The highest BCUT2D eigenvalue weighted by Crippen LogP contribution is 2.23. The number of urea groups is 1. The molecule has 0 unspecified atom stereocenters. The van der Waals surface area contributed by atoms with Crippen molar-refractivity contribution in [1.82, 2.24) is 4.90 Å². The van der Waals surface area contributed by atoms with Gasteiger partial charge in [0.05, 0.1) is 18.9 Å². The van der Waals surface area contributed by atoms with Gasteiger partial charge in [0.1, 0.15) is 5.82 Å². The number of nitrogens with zero attached hydrogens (tertiary/aromatic N) is 1. The Hall–Kier alpha value is -1.18. The summed E-state index contributed by atoms with van der Waals surface area (Å²) >= 11 is 3.23. The van der Waals surface area contributed by atoms with E-state index >= 15 is 0 Å². The molecule has 0 heterocycles. The van der Waals surface area contributed by atoms with Crippen LogP contribution in [0.15, 0.2) is 22.7 Å². The van der Waals surface area contributed by atoms with Crippen molar-refractivity contribution >= 4 is 27.6 Å². The van der Waals surface area contributed by atoms with Crippen LogP contribution in [0.1, 0.15) is 0 Å². The molecule has 0 bridgehead atoms. The molecule has 106 valence electrons. The maximum absolute atomic E-state index is 13.1. The second-order valence-corrected chi connectivity index (χ2v) is 4.61. The smallest absolute Gasteiger partial charge is 0.322 e. The molecule has 1 aromatic rings. The Bertz CT molecular complexity index is 431. The molecule has 2 N–H and O–H groups in total. The Morgan fingerprint density at radius 1 is 1.53 bits per heavy atom. The normalized spacial score (nSPS) is 10.3. The summed E-state index contributed by atoms with van der Waals surface area (Å²) in [6.07, 6.45) is 0. The molecule has 1 aromatic carbocycles. The molecular weight excluding hydrogens is 319 g/mol. The molecule has 0 saturated carbocycles. The van der Waals surface area contributed by atoms with Crippen LogP contribution in [0.5, 0.6) is 0 Å². The van der Waals surface area contributed by atoms with Gasteiger partial charge in [-0.3, -0.25) is 0 Å². The van der Waals surface area contributed by atoms with E-state index in [2.05, 4.69) is 21.2 Å². The van der Waals surface area contributed by atoms with Gasteiger partial charge >= 0.3 is 6.03 Å². The number of carbonyl (C=O) groups excluding carboxylic acids is 1. The Balaban J connectivity index is 2.71. The van der Waals surface area contributed by atoms with E-state index in [1.165, 1.54) is 30.2 Å². The second-order valence-electron chi connectivity index (χ2n) is 3.76. The van der Waals surface area contributed by atoms with Gasteiger partial charge in [-0.1, -0.05) is 0 Å². The van der Waals surface area contributed by atoms with Gasteiger partial charge in [-0.05, 0) is 34.1 Å². The monoisotopic (exact) mass is 334 g/mol. The second kappa shape index (κ2) is 8.08. The summed E-state index contributed by atoms with van der Waals surface area (Å²) in [6.45, 7) is 0.733. The summed E-state index contributed by atoms with van der Waals surface area (Å²) < 4.78 is 18.6. The minimum Gasteiger partial charge on any atom is -0.395 e. The van der Waals surface area contributed by atoms with Crippen LogP contribution in [0.2, 0.25) is 0 Å². The standard InChI is InChI=1S/C12H16BrFN2O3/c1-19-7-5-16(4-6-17)12(18)15-11-8-9(14)2-3-10(11)13/h2-3,8,17H,4-7H2,1H3,(H,15,18). The number of amides is 2. The molecular formula is C12H16BrFN2O3. The van der Waals surface area contributed by atoms with Crippen LogP contribution in [0.3, 0.4) is 0 Å². The number of aliphatic hydroxyl groups is 1. The van der Waals surface area contributed by atoms with Crippen molar-refractivity contribution in [3.05, 3.63) is 28.5 Å². The maximum Gasteiger partial charge on any atom is 0.322 e. The Labute approximate surface area is 119 Å². The average molecular weight is 335 g/mol. The fraction of sp³-hybridized carbons (Fsp3) is 0.417. The number of halogens is 2. The van der Waals surface area contributed by atoms with Gasteiger partial charge in [0, 0.05) is 24.7 Å². The number of ether oxygens (including phenoxy) is 1. The number of hydrogen-bond acceptors (Lipinski definition) is 3. The molecule has 0 fully saturated rings. The predicted molar refractivity (Wildman–Crippen MR) is 73.7 cm³/mol. The number of methoxy groups -OCH3 is 1. The lowest BCUT2D eigenvalue weighted by Gasteiger charge is -2.22. The van der Waals surface area contributed by atoms with Gasteiger partial charge in [-0.15, -0.1) is 0 Å². The summed E-state index contributed by atoms with van der Waals surface area (Å²) in [4.78, 5) is 13.4. The molecule has 2 amide bonds. The molecule has 0 spiro atoms. The molecule has 0 aromatic heterocycles. The first-order valence-corrected chi connectivity index (χ1v) is 6.48. The zero-order chi connectivity index (χ0) is 14.3. The molecule has 0 radical (unpaired) electrons. The van der Waals surface area contributed by atoms with E-state index in [-0.39, 0.29) is 13.2 Å². The van der Waals surface area contributed by atoms with Gasteiger partial charge in [-0.2, -0.15) is 0 Å². The topological polar surface area (TPSA) is 61.8 Å². The Morgan fingerprint density at radius 2 is 2.26 bits per heavy atom. The lowest BCUT2D eigenvalue weighted by molar-refractivity contribution is 0.142. The molecule has 19 heavy (non-hydrogen) atoms. The van der Waals surface area contributed by atoms with Gasteiger partial charge in [0.15, 0.2) is 0 Å². The van der Waals surface area contributed by atoms with Crippen LogP contribution >= 0.6 is 15.9 Å². The van der Waals surface area contributed by atoms with E-state index in [9.17, 15) is 9.18 Å². The summed E-state index contributed by atoms with van der Waals surface area (Å²) in [5.41, 5.74) is 0.338. The number of anilines is 1. The van der Waals surface area contributed by atoms with Crippen LogP contribution in [-0.4, -0.2) is 49.5 Å². The zero-order valence-corrected chi connectivity index (χ0v) is 12.1. The van der Waals surface area contributed by atoms with E-state index < -0.39 is 11.8 Å². The number of rotatable bonds is 6. The van der Waals surface area contributed by atoms with Crippen molar-refractivity contribution in [2.24, 2.45) is 0 Å². The van der Waals surface area contributed by atoms with E-state index in [0.29, 0.717) is 23.3 Å².